The van der Waals surface area contributed by atoms with Crippen molar-refractivity contribution in [3.63, 3.8) is 0 Å². The van der Waals surface area contributed by atoms with Gasteiger partial charge in [0, 0.05) is 18.2 Å². The van der Waals surface area contributed by atoms with Crippen LogP contribution in [0.3, 0.4) is 0 Å². The quantitative estimate of drug-likeness (QED) is 0.653. The molecule has 3 heteroatoms. The van der Waals surface area contributed by atoms with Gasteiger partial charge in [-0.1, -0.05) is 38.7 Å². The molecule has 0 spiro atoms. The number of unbranched alkanes of at least 4 members (excludes halogenated alkanes) is 4. The van der Waals surface area contributed by atoms with Gasteiger partial charge in [0.2, 0.25) is 0 Å². The minimum Gasteiger partial charge on any atom is -0.497 e. The maximum Gasteiger partial charge on any atom is 0.127 e. The lowest BCUT2D eigenvalue weighted by molar-refractivity contribution is 0.299. The van der Waals surface area contributed by atoms with Gasteiger partial charge in [0.1, 0.15) is 11.5 Å². The third-order valence-corrected chi connectivity index (χ3v) is 3.15. The Balaban J connectivity index is 2.45. The number of nitrogens with one attached hydrogen (secondary N) is 1. The van der Waals surface area contributed by atoms with Crippen LogP contribution in [0, 0.1) is 0 Å². The first kappa shape index (κ1) is 15.8. The van der Waals surface area contributed by atoms with Gasteiger partial charge in [-0.25, -0.2) is 0 Å². The Kier molecular flexibility index (Phi) is 8.07. The summed E-state index contributed by atoms with van der Waals surface area (Å²) in [6, 6.07) is 6.00. The summed E-state index contributed by atoms with van der Waals surface area (Å²) < 4.78 is 11.1. The Morgan fingerprint density at radius 1 is 1.11 bits per heavy atom. The molecule has 0 aromatic heterocycles. The van der Waals surface area contributed by atoms with Gasteiger partial charge in [0.15, 0.2) is 0 Å². The van der Waals surface area contributed by atoms with Gasteiger partial charge < -0.3 is 14.8 Å². The van der Waals surface area contributed by atoms with Gasteiger partial charge in [-0.05, 0) is 19.5 Å². The monoisotopic (exact) mass is 265 g/mol. The molecule has 1 aromatic carbocycles. The van der Waals surface area contributed by atoms with Crippen LogP contribution in [-0.2, 0) is 6.54 Å². The Morgan fingerprint density at radius 3 is 2.58 bits per heavy atom. The van der Waals surface area contributed by atoms with Crippen molar-refractivity contribution in [3.8, 4) is 11.5 Å². The highest BCUT2D eigenvalue weighted by molar-refractivity contribution is 5.40. The zero-order chi connectivity index (χ0) is 13.9. The molecule has 0 fully saturated rings. The number of hydrogen-bond donors (Lipinski definition) is 1. The molecule has 0 aliphatic heterocycles. The fourth-order valence-corrected chi connectivity index (χ4v) is 2.02. The zero-order valence-electron chi connectivity index (χ0n) is 12.5. The SMILES string of the molecule is CCCCCCCOc1cc(OC)ccc1CNC. The lowest BCUT2D eigenvalue weighted by atomic mass is 10.1. The highest BCUT2D eigenvalue weighted by Crippen LogP contribution is 2.25. The number of methoxy groups -OCH3 is 1. The third kappa shape index (κ3) is 5.97. The van der Waals surface area contributed by atoms with Crippen molar-refractivity contribution in [3.05, 3.63) is 23.8 Å². The van der Waals surface area contributed by atoms with Gasteiger partial charge in [-0.15, -0.1) is 0 Å². The molecule has 0 aliphatic rings. The summed E-state index contributed by atoms with van der Waals surface area (Å²) in [6.07, 6.45) is 6.28. The van der Waals surface area contributed by atoms with Gasteiger partial charge in [-0.3, -0.25) is 0 Å². The van der Waals surface area contributed by atoms with E-state index in [1.54, 1.807) is 7.11 Å². The van der Waals surface area contributed by atoms with Crippen molar-refractivity contribution < 1.29 is 9.47 Å². The molecule has 1 rings (SSSR count). The van der Waals surface area contributed by atoms with Crippen LogP contribution in [0.2, 0.25) is 0 Å². The largest absolute Gasteiger partial charge is 0.497 e. The van der Waals surface area contributed by atoms with Crippen LogP contribution in [0.4, 0.5) is 0 Å². The van der Waals surface area contributed by atoms with Crippen LogP contribution in [-0.4, -0.2) is 20.8 Å². The average molecular weight is 265 g/mol. The van der Waals surface area contributed by atoms with Crippen molar-refractivity contribution in [2.75, 3.05) is 20.8 Å². The molecule has 0 saturated heterocycles. The maximum absolute atomic E-state index is 5.89. The van der Waals surface area contributed by atoms with Crippen LogP contribution < -0.4 is 14.8 Å². The zero-order valence-corrected chi connectivity index (χ0v) is 12.5. The van der Waals surface area contributed by atoms with Gasteiger partial charge in [-0.2, -0.15) is 0 Å². The number of hydrogen-bond acceptors (Lipinski definition) is 3. The standard InChI is InChI=1S/C16H27NO2/c1-4-5-6-7-8-11-19-16-12-15(18-3)10-9-14(16)13-17-2/h9-10,12,17H,4-8,11,13H2,1-3H3. The smallest absolute Gasteiger partial charge is 0.127 e. The van der Waals surface area contributed by atoms with Gasteiger partial charge in [0.25, 0.3) is 0 Å². The van der Waals surface area contributed by atoms with E-state index in [-0.39, 0.29) is 0 Å². The van der Waals surface area contributed by atoms with Crippen LogP contribution in [0.15, 0.2) is 18.2 Å². The molecular weight excluding hydrogens is 238 g/mol. The summed E-state index contributed by atoms with van der Waals surface area (Å²) in [4.78, 5) is 0. The number of benzene rings is 1. The van der Waals surface area contributed by atoms with E-state index >= 15 is 0 Å². The molecule has 0 radical (unpaired) electrons. The molecule has 108 valence electrons. The fraction of sp³-hybridized carbons (Fsp3) is 0.625. The maximum atomic E-state index is 5.89. The highest BCUT2D eigenvalue weighted by Gasteiger charge is 2.05. The molecular formula is C16H27NO2. The van der Waals surface area contributed by atoms with Gasteiger partial charge >= 0.3 is 0 Å². The Bertz CT molecular complexity index is 353. The predicted octanol–water partition coefficient (Wildman–Crippen LogP) is 3.76. The molecule has 0 bridgehead atoms. The molecule has 0 aliphatic carbocycles. The molecule has 0 heterocycles. The van der Waals surface area contributed by atoms with E-state index in [1.165, 1.54) is 31.2 Å². The van der Waals surface area contributed by atoms with Crippen LogP contribution in [0.25, 0.3) is 0 Å². The van der Waals surface area contributed by atoms with Crippen molar-refractivity contribution in [1.29, 1.82) is 0 Å². The predicted molar refractivity (Wildman–Crippen MR) is 80.0 cm³/mol. The first-order valence-electron chi connectivity index (χ1n) is 7.26. The van der Waals surface area contributed by atoms with Crippen LogP contribution in [0.5, 0.6) is 11.5 Å². The minimum absolute atomic E-state index is 0.785. The fourth-order valence-electron chi connectivity index (χ4n) is 2.02. The molecule has 0 atom stereocenters. The van der Waals surface area contributed by atoms with Crippen molar-refractivity contribution in [2.45, 2.75) is 45.6 Å². The second-order valence-corrected chi connectivity index (χ2v) is 4.77. The molecule has 3 nitrogen and oxygen atoms in total. The van der Waals surface area contributed by atoms with Crippen molar-refractivity contribution in [2.24, 2.45) is 0 Å². The average Bonchev–Trinajstić information content (AvgIpc) is 2.44. The second kappa shape index (κ2) is 9.68. The molecule has 1 aromatic rings. The first-order valence-corrected chi connectivity index (χ1v) is 7.26. The van der Waals surface area contributed by atoms with E-state index in [2.05, 4.69) is 18.3 Å². The number of rotatable bonds is 10. The normalized spacial score (nSPS) is 10.5. The minimum atomic E-state index is 0.785. The molecule has 0 saturated carbocycles. The Hall–Kier alpha value is -1.22. The van der Waals surface area contributed by atoms with E-state index in [0.29, 0.717) is 0 Å². The Morgan fingerprint density at radius 2 is 1.89 bits per heavy atom. The van der Waals surface area contributed by atoms with E-state index in [9.17, 15) is 0 Å². The topological polar surface area (TPSA) is 30.5 Å². The lowest BCUT2D eigenvalue weighted by Crippen LogP contribution is -2.08. The second-order valence-electron chi connectivity index (χ2n) is 4.77. The summed E-state index contributed by atoms with van der Waals surface area (Å²) in [5, 5.41) is 3.16. The third-order valence-electron chi connectivity index (χ3n) is 3.15. The van der Waals surface area contributed by atoms with Crippen LogP contribution in [0.1, 0.15) is 44.6 Å². The van der Waals surface area contributed by atoms with Gasteiger partial charge in [0.05, 0.1) is 13.7 Å². The summed E-state index contributed by atoms with van der Waals surface area (Å²) >= 11 is 0. The summed E-state index contributed by atoms with van der Waals surface area (Å²) in [7, 11) is 3.63. The van der Waals surface area contributed by atoms with E-state index in [4.69, 9.17) is 9.47 Å². The molecule has 0 amide bonds. The van der Waals surface area contributed by atoms with E-state index < -0.39 is 0 Å². The number of ether oxygens (including phenoxy) is 2. The first-order chi connectivity index (χ1) is 9.31. The van der Waals surface area contributed by atoms with Crippen molar-refractivity contribution >= 4 is 0 Å². The summed E-state index contributed by atoms with van der Waals surface area (Å²) in [5.74, 6) is 1.78. The van der Waals surface area contributed by atoms with Crippen molar-refractivity contribution in [1.82, 2.24) is 5.32 Å². The lowest BCUT2D eigenvalue weighted by Gasteiger charge is -2.13. The molecule has 0 unspecified atom stereocenters. The summed E-state index contributed by atoms with van der Waals surface area (Å²) in [5.41, 5.74) is 1.18. The van der Waals surface area contributed by atoms with Crippen LogP contribution >= 0.6 is 0 Å². The molecule has 19 heavy (non-hydrogen) atoms. The highest BCUT2D eigenvalue weighted by atomic mass is 16.5. The molecule has 1 N–H and O–H groups in total. The van der Waals surface area contributed by atoms with E-state index in [1.807, 2.05) is 19.2 Å². The summed E-state index contributed by atoms with van der Waals surface area (Å²) in [6.45, 7) is 3.83. The Labute approximate surface area is 117 Å². The van der Waals surface area contributed by atoms with E-state index in [0.717, 1.165) is 31.1 Å².